The van der Waals surface area contributed by atoms with E-state index < -0.39 is 10.0 Å². The highest BCUT2D eigenvalue weighted by atomic mass is 32.2. The van der Waals surface area contributed by atoms with Crippen LogP contribution in [-0.4, -0.2) is 44.7 Å². The first-order valence-electron chi connectivity index (χ1n) is 6.25. The highest BCUT2D eigenvalue weighted by Gasteiger charge is 2.24. The molecule has 0 atom stereocenters. The molecule has 2 heterocycles. The van der Waals surface area contributed by atoms with Gasteiger partial charge in [0.1, 0.15) is 0 Å². The Balaban J connectivity index is 1.68. The molecule has 6 heteroatoms. The Bertz CT molecular complexity index is 448. The van der Waals surface area contributed by atoms with E-state index in [1.807, 2.05) is 0 Å². The lowest BCUT2D eigenvalue weighted by molar-refractivity contribution is 0.292. The van der Waals surface area contributed by atoms with Gasteiger partial charge in [-0.1, -0.05) is 0 Å². The number of nitrogens with one attached hydrogen (secondary N) is 1. The molecule has 0 aromatic carbocycles. The molecule has 0 amide bonds. The molecular weight excluding hydrogens is 268 g/mol. The van der Waals surface area contributed by atoms with Gasteiger partial charge in [0.25, 0.3) is 0 Å². The van der Waals surface area contributed by atoms with Crippen molar-refractivity contribution in [3.63, 3.8) is 0 Å². The highest BCUT2D eigenvalue weighted by molar-refractivity contribution is 7.88. The second kappa shape index (κ2) is 6.14. The third kappa shape index (κ3) is 4.05. The van der Waals surface area contributed by atoms with Gasteiger partial charge in [0.2, 0.25) is 10.0 Å². The maximum Gasteiger partial charge on any atom is 0.211 e. The lowest BCUT2D eigenvalue weighted by Gasteiger charge is -2.30. The van der Waals surface area contributed by atoms with Gasteiger partial charge in [0, 0.05) is 19.1 Å². The van der Waals surface area contributed by atoms with Crippen LogP contribution in [-0.2, 0) is 16.4 Å². The molecule has 0 saturated carbocycles. The summed E-state index contributed by atoms with van der Waals surface area (Å²) in [6.45, 7) is 2.27. The third-order valence-electron chi connectivity index (χ3n) is 3.35. The average Bonchev–Trinajstić information content (AvgIpc) is 2.82. The number of piperidine rings is 1. The van der Waals surface area contributed by atoms with Crippen LogP contribution < -0.4 is 5.32 Å². The van der Waals surface area contributed by atoms with Crippen LogP contribution in [0.5, 0.6) is 0 Å². The first-order valence-corrected chi connectivity index (χ1v) is 9.04. The molecule has 1 aromatic rings. The first-order chi connectivity index (χ1) is 8.55. The minimum atomic E-state index is -3.00. The molecule has 1 N–H and O–H groups in total. The van der Waals surface area contributed by atoms with Crippen molar-refractivity contribution in [3.05, 3.63) is 22.4 Å². The highest BCUT2D eigenvalue weighted by Crippen LogP contribution is 2.13. The number of hydrogen-bond donors (Lipinski definition) is 1. The number of nitrogens with zero attached hydrogens (tertiary/aromatic N) is 1. The molecular formula is C12H20N2O2S2. The van der Waals surface area contributed by atoms with Crippen LogP contribution in [0.2, 0.25) is 0 Å². The fourth-order valence-electron chi connectivity index (χ4n) is 2.25. The molecule has 1 aliphatic rings. The minimum absolute atomic E-state index is 0.460. The molecule has 2 rings (SSSR count). The Hall–Kier alpha value is -0.430. The number of thiophene rings is 1. The second-order valence-electron chi connectivity index (χ2n) is 4.77. The molecule has 0 aliphatic carbocycles. The average molecular weight is 288 g/mol. The SMILES string of the molecule is CS(=O)(=O)N1CCC(NCCc2ccsc2)CC1. The number of hydrogen-bond acceptors (Lipinski definition) is 4. The van der Waals surface area contributed by atoms with Crippen LogP contribution in [0.3, 0.4) is 0 Å². The van der Waals surface area contributed by atoms with Gasteiger partial charge >= 0.3 is 0 Å². The van der Waals surface area contributed by atoms with Gasteiger partial charge in [-0.25, -0.2) is 12.7 Å². The molecule has 4 nitrogen and oxygen atoms in total. The summed E-state index contributed by atoms with van der Waals surface area (Å²) in [5.41, 5.74) is 1.38. The van der Waals surface area contributed by atoms with Crippen LogP contribution in [0, 0.1) is 0 Å². The summed E-state index contributed by atoms with van der Waals surface area (Å²) in [7, 11) is -3.00. The van der Waals surface area contributed by atoms with Crippen molar-refractivity contribution in [2.45, 2.75) is 25.3 Å². The van der Waals surface area contributed by atoms with Crippen LogP contribution in [0.15, 0.2) is 16.8 Å². The van der Waals surface area contributed by atoms with Crippen molar-refractivity contribution in [1.82, 2.24) is 9.62 Å². The summed E-state index contributed by atoms with van der Waals surface area (Å²) in [5, 5.41) is 7.79. The molecule has 102 valence electrons. The van der Waals surface area contributed by atoms with Gasteiger partial charge in [0.15, 0.2) is 0 Å². The molecule has 0 radical (unpaired) electrons. The molecule has 0 unspecified atom stereocenters. The smallest absolute Gasteiger partial charge is 0.211 e. The van der Waals surface area contributed by atoms with Gasteiger partial charge in [-0.2, -0.15) is 11.3 Å². The number of sulfonamides is 1. The van der Waals surface area contributed by atoms with E-state index in [2.05, 4.69) is 22.1 Å². The van der Waals surface area contributed by atoms with E-state index in [1.165, 1.54) is 11.8 Å². The Labute approximate surface area is 113 Å². The minimum Gasteiger partial charge on any atom is -0.314 e. The van der Waals surface area contributed by atoms with Crippen molar-refractivity contribution < 1.29 is 8.42 Å². The first kappa shape index (κ1) is 14.0. The van der Waals surface area contributed by atoms with Gasteiger partial charge < -0.3 is 5.32 Å². The molecule has 1 aromatic heterocycles. The monoisotopic (exact) mass is 288 g/mol. The summed E-state index contributed by atoms with van der Waals surface area (Å²) in [4.78, 5) is 0. The summed E-state index contributed by atoms with van der Waals surface area (Å²) in [6, 6.07) is 2.61. The quantitative estimate of drug-likeness (QED) is 0.888. The maximum atomic E-state index is 11.4. The largest absolute Gasteiger partial charge is 0.314 e. The molecule has 18 heavy (non-hydrogen) atoms. The summed E-state index contributed by atoms with van der Waals surface area (Å²) >= 11 is 1.73. The summed E-state index contributed by atoms with van der Waals surface area (Å²) in [6.07, 6.45) is 4.17. The van der Waals surface area contributed by atoms with Gasteiger partial charge in [0.05, 0.1) is 6.26 Å². The van der Waals surface area contributed by atoms with Crippen molar-refractivity contribution in [3.8, 4) is 0 Å². The standard InChI is InChI=1S/C12H20N2O2S2/c1-18(15,16)14-7-3-12(4-8-14)13-6-2-11-5-9-17-10-11/h5,9-10,12-13H,2-4,6-8H2,1H3. The van der Waals surface area contributed by atoms with Crippen LogP contribution in [0.1, 0.15) is 18.4 Å². The Kier molecular flexibility index (Phi) is 4.77. The van der Waals surface area contributed by atoms with E-state index >= 15 is 0 Å². The summed E-state index contributed by atoms with van der Waals surface area (Å²) < 4.78 is 24.3. The fraction of sp³-hybridized carbons (Fsp3) is 0.667. The molecule has 1 aliphatic heterocycles. The molecule has 1 fully saturated rings. The zero-order valence-electron chi connectivity index (χ0n) is 10.6. The van der Waals surface area contributed by atoms with E-state index in [4.69, 9.17) is 0 Å². The van der Waals surface area contributed by atoms with Gasteiger partial charge in [-0.05, 0) is 48.2 Å². The van der Waals surface area contributed by atoms with Crippen LogP contribution >= 0.6 is 11.3 Å². The Morgan fingerprint density at radius 2 is 2.17 bits per heavy atom. The fourth-order valence-corrected chi connectivity index (χ4v) is 3.82. The molecule has 0 bridgehead atoms. The van der Waals surface area contributed by atoms with Crippen LogP contribution in [0.4, 0.5) is 0 Å². The second-order valence-corrected chi connectivity index (χ2v) is 7.53. The van der Waals surface area contributed by atoms with Crippen molar-refractivity contribution in [2.24, 2.45) is 0 Å². The van der Waals surface area contributed by atoms with E-state index in [9.17, 15) is 8.42 Å². The van der Waals surface area contributed by atoms with E-state index in [0.717, 1.165) is 25.8 Å². The van der Waals surface area contributed by atoms with Crippen molar-refractivity contribution in [2.75, 3.05) is 25.9 Å². The predicted octanol–water partition coefficient (Wildman–Crippen LogP) is 1.30. The lowest BCUT2D eigenvalue weighted by atomic mass is 10.1. The van der Waals surface area contributed by atoms with Crippen molar-refractivity contribution >= 4 is 21.4 Å². The van der Waals surface area contributed by atoms with Gasteiger partial charge in [-0.3, -0.25) is 0 Å². The predicted molar refractivity (Wildman–Crippen MR) is 75.5 cm³/mol. The Morgan fingerprint density at radius 3 is 2.72 bits per heavy atom. The van der Waals surface area contributed by atoms with E-state index in [1.54, 1.807) is 15.6 Å². The Morgan fingerprint density at radius 1 is 1.44 bits per heavy atom. The molecule has 0 spiro atoms. The zero-order chi connectivity index (χ0) is 13.0. The zero-order valence-corrected chi connectivity index (χ0v) is 12.3. The normalized spacial score (nSPS) is 19.2. The number of rotatable bonds is 5. The van der Waals surface area contributed by atoms with Crippen LogP contribution in [0.25, 0.3) is 0 Å². The summed E-state index contributed by atoms with van der Waals surface area (Å²) in [5.74, 6) is 0. The third-order valence-corrected chi connectivity index (χ3v) is 5.38. The van der Waals surface area contributed by atoms with Gasteiger partial charge in [-0.15, -0.1) is 0 Å². The maximum absolute atomic E-state index is 11.4. The van der Waals surface area contributed by atoms with E-state index in [-0.39, 0.29) is 0 Å². The van der Waals surface area contributed by atoms with Crippen molar-refractivity contribution in [1.29, 1.82) is 0 Å². The molecule has 1 saturated heterocycles. The van der Waals surface area contributed by atoms with E-state index in [0.29, 0.717) is 19.1 Å². The lowest BCUT2D eigenvalue weighted by Crippen LogP contribution is -2.44. The topological polar surface area (TPSA) is 49.4 Å².